The molecule has 0 aromatic heterocycles. The Bertz CT molecular complexity index is 417. The van der Waals surface area contributed by atoms with Crippen molar-refractivity contribution in [2.24, 2.45) is 5.92 Å². The van der Waals surface area contributed by atoms with Gasteiger partial charge in [-0.2, -0.15) is 0 Å². The molecule has 1 N–H and O–H groups in total. The van der Waals surface area contributed by atoms with E-state index < -0.39 is 0 Å². The number of hydrogen-bond donors (Lipinski definition) is 1. The normalized spacial score (nSPS) is 11.7. The van der Waals surface area contributed by atoms with Gasteiger partial charge in [0, 0.05) is 18.5 Å². The number of methoxy groups -OCH3 is 1. The highest BCUT2D eigenvalue weighted by molar-refractivity contribution is 6.30. The SMILES string of the molecule is COC(=O)C(CNC(C)=O)Cc1ccc(Cl)cc1. The summed E-state index contributed by atoms with van der Waals surface area (Å²) in [6.07, 6.45) is 0.504. The Labute approximate surface area is 111 Å². The third kappa shape index (κ3) is 4.75. The van der Waals surface area contributed by atoms with E-state index in [1.807, 2.05) is 12.1 Å². The summed E-state index contributed by atoms with van der Waals surface area (Å²) in [5.41, 5.74) is 0.972. The zero-order valence-electron chi connectivity index (χ0n) is 10.4. The molecule has 0 heterocycles. The predicted molar refractivity (Wildman–Crippen MR) is 69.3 cm³/mol. The number of hydrogen-bond acceptors (Lipinski definition) is 3. The molecular formula is C13H16ClNO3. The lowest BCUT2D eigenvalue weighted by molar-refractivity contribution is -0.145. The summed E-state index contributed by atoms with van der Waals surface area (Å²) in [4.78, 5) is 22.5. The Morgan fingerprint density at radius 3 is 2.44 bits per heavy atom. The molecule has 0 fully saturated rings. The molecule has 18 heavy (non-hydrogen) atoms. The largest absolute Gasteiger partial charge is 0.469 e. The third-order valence-electron chi connectivity index (χ3n) is 2.53. The second-order valence-electron chi connectivity index (χ2n) is 3.99. The van der Waals surface area contributed by atoms with Crippen molar-refractivity contribution in [3.63, 3.8) is 0 Å². The highest BCUT2D eigenvalue weighted by Crippen LogP contribution is 2.14. The molecule has 0 aliphatic rings. The lowest BCUT2D eigenvalue weighted by Crippen LogP contribution is -2.33. The maximum Gasteiger partial charge on any atom is 0.310 e. The van der Waals surface area contributed by atoms with E-state index in [1.165, 1.54) is 14.0 Å². The number of rotatable bonds is 5. The predicted octanol–water partition coefficient (Wildman–Crippen LogP) is 1.81. The summed E-state index contributed by atoms with van der Waals surface area (Å²) in [6.45, 7) is 1.68. The molecular weight excluding hydrogens is 254 g/mol. The number of carbonyl (C=O) groups is 2. The fraction of sp³-hybridized carbons (Fsp3) is 0.385. The monoisotopic (exact) mass is 269 g/mol. The van der Waals surface area contributed by atoms with Gasteiger partial charge in [0.25, 0.3) is 0 Å². The first-order valence-electron chi connectivity index (χ1n) is 5.59. The van der Waals surface area contributed by atoms with Gasteiger partial charge in [0.2, 0.25) is 5.91 Å². The van der Waals surface area contributed by atoms with Crippen LogP contribution in [0.25, 0.3) is 0 Å². The number of amides is 1. The molecule has 0 saturated carbocycles. The van der Waals surface area contributed by atoms with Crippen LogP contribution >= 0.6 is 11.6 Å². The zero-order valence-corrected chi connectivity index (χ0v) is 11.2. The van der Waals surface area contributed by atoms with Crippen LogP contribution in [0.4, 0.5) is 0 Å². The highest BCUT2D eigenvalue weighted by atomic mass is 35.5. The smallest absolute Gasteiger partial charge is 0.310 e. The van der Waals surface area contributed by atoms with E-state index in [9.17, 15) is 9.59 Å². The number of halogens is 1. The van der Waals surface area contributed by atoms with Crippen molar-refractivity contribution in [3.8, 4) is 0 Å². The Balaban J connectivity index is 2.68. The van der Waals surface area contributed by atoms with Gasteiger partial charge in [0.15, 0.2) is 0 Å². The van der Waals surface area contributed by atoms with Gasteiger partial charge in [-0.05, 0) is 24.1 Å². The summed E-state index contributed by atoms with van der Waals surface area (Å²) < 4.78 is 4.72. The average molecular weight is 270 g/mol. The Morgan fingerprint density at radius 2 is 1.94 bits per heavy atom. The molecule has 98 valence electrons. The highest BCUT2D eigenvalue weighted by Gasteiger charge is 2.19. The Kier molecular flexibility index (Phi) is 5.65. The van der Waals surface area contributed by atoms with Gasteiger partial charge < -0.3 is 10.1 Å². The van der Waals surface area contributed by atoms with E-state index in [4.69, 9.17) is 16.3 Å². The molecule has 0 spiro atoms. The zero-order chi connectivity index (χ0) is 13.5. The van der Waals surface area contributed by atoms with Crippen molar-refractivity contribution >= 4 is 23.5 Å². The third-order valence-corrected chi connectivity index (χ3v) is 2.78. The molecule has 5 heteroatoms. The Hall–Kier alpha value is -1.55. The second kappa shape index (κ2) is 7.01. The fourth-order valence-electron chi connectivity index (χ4n) is 1.58. The van der Waals surface area contributed by atoms with Gasteiger partial charge in [-0.1, -0.05) is 23.7 Å². The van der Waals surface area contributed by atoms with E-state index in [0.717, 1.165) is 5.56 Å². The van der Waals surface area contributed by atoms with Crippen LogP contribution in [-0.4, -0.2) is 25.5 Å². The molecule has 4 nitrogen and oxygen atoms in total. The van der Waals surface area contributed by atoms with Crippen molar-refractivity contribution in [3.05, 3.63) is 34.9 Å². The van der Waals surface area contributed by atoms with Crippen LogP contribution in [0.15, 0.2) is 24.3 Å². The van der Waals surface area contributed by atoms with Crippen LogP contribution in [0.2, 0.25) is 5.02 Å². The van der Waals surface area contributed by atoms with Gasteiger partial charge in [0.05, 0.1) is 13.0 Å². The summed E-state index contributed by atoms with van der Waals surface area (Å²) in [5.74, 6) is -0.890. The number of esters is 1. The van der Waals surface area contributed by atoms with Gasteiger partial charge in [-0.25, -0.2) is 0 Å². The summed E-state index contributed by atoms with van der Waals surface area (Å²) in [6, 6.07) is 7.24. The lowest BCUT2D eigenvalue weighted by atomic mass is 9.99. The number of nitrogens with one attached hydrogen (secondary N) is 1. The molecule has 1 rings (SSSR count). The minimum atomic E-state index is -0.389. The van der Waals surface area contributed by atoms with Crippen molar-refractivity contribution in [2.75, 3.05) is 13.7 Å². The van der Waals surface area contributed by atoms with E-state index in [0.29, 0.717) is 11.4 Å². The molecule has 0 saturated heterocycles. The lowest BCUT2D eigenvalue weighted by Gasteiger charge is -2.15. The van der Waals surface area contributed by atoms with Crippen LogP contribution in [0, 0.1) is 5.92 Å². The van der Waals surface area contributed by atoms with Crippen molar-refractivity contribution in [2.45, 2.75) is 13.3 Å². The van der Waals surface area contributed by atoms with Crippen LogP contribution in [-0.2, 0) is 20.7 Å². The average Bonchev–Trinajstić information content (AvgIpc) is 2.35. The van der Waals surface area contributed by atoms with E-state index in [-0.39, 0.29) is 24.3 Å². The molecule has 0 aliphatic carbocycles. The fourth-order valence-corrected chi connectivity index (χ4v) is 1.70. The van der Waals surface area contributed by atoms with Crippen molar-refractivity contribution in [1.29, 1.82) is 0 Å². The maximum absolute atomic E-state index is 11.6. The summed E-state index contributed by atoms with van der Waals surface area (Å²) >= 11 is 5.79. The molecule has 0 radical (unpaired) electrons. The second-order valence-corrected chi connectivity index (χ2v) is 4.42. The van der Waals surface area contributed by atoms with Crippen molar-refractivity contribution < 1.29 is 14.3 Å². The first-order valence-corrected chi connectivity index (χ1v) is 5.97. The first kappa shape index (κ1) is 14.5. The molecule has 1 aromatic carbocycles. The number of benzene rings is 1. The summed E-state index contributed by atoms with van der Waals surface area (Å²) in [7, 11) is 1.34. The molecule has 0 bridgehead atoms. The number of carbonyl (C=O) groups excluding carboxylic acids is 2. The minimum Gasteiger partial charge on any atom is -0.469 e. The molecule has 0 aliphatic heterocycles. The van der Waals surface area contributed by atoms with E-state index in [1.54, 1.807) is 12.1 Å². The van der Waals surface area contributed by atoms with E-state index >= 15 is 0 Å². The van der Waals surface area contributed by atoms with Crippen LogP contribution in [0.3, 0.4) is 0 Å². The molecule has 1 atom stereocenters. The molecule has 1 unspecified atom stereocenters. The quantitative estimate of drug-likeness (QED) is 0.830. The van der Waals surface area contributed by atoms with Gasteiger partial charge >= 0.3 is 5.97 Å². The van der Waals surface area contributed by atoms with E-state index in [2.05, 4.69) is 5.32 Å². The van der Waals surface area contributed by atoms with Crippen LogP contribution in [0.1, 0.15) is 12.5 Å². The number of ether oxygens (including phenoxy) is 1. The molecule has 1 amide bonds. The first-order chi connectivity index (χ1) is 8.52. The maximum atomic E-state index is 11.6. The van der Waals surface area contributed by atoms with Gasteiger partial charge in [0.1, 0.15) is 0 Å². The summed E-state index contributed by atoms with van der Waals surface area (Å²) in [5, 5.41) is 3.28. The van der Waals surface area contributed by atoms with Gasteiger partial charge in [-0.3, -0.25) is 9.59 Å². The standard InChI is InChI=1S/C13H16ClNO3/c1-9(16)15-8-11(13(17)18-2)7-10-3-5-12(14)6-4-10/h3-6,11H,7-8H2,1-2H3,(H,15,16). The molecule has 1 aromatic rings. The topological polar surface area (TPSA) is 55.4 Å². The minimum absolute atomic E-state index is 0.167. The van der Waals surface area contributed by atoms with Crippen LogP contribution < -0.4 is 5.32 Å². The van der Waals surface area contributed by atoms with Gasteiger partial charge in [-0.15, -0.1) is 0 Å². The Morgan fingerprint density at radius 1 is 1.33 bits per heavy atom. The van der Waals surface area contributed by atoms with Crippen LogP contribution in [0.5, 0.6) is 0 Å². The van der Waals surface area contributed by atoms with Crippen molar-refractivity contribution in [1.82, 2.24) is 5.32 Å².